The number of methoxy groups -OCH3 is 3. The van der Waals surface area contributed by atoms with Gasteiger partial charge in [-0.15, -0.1) is 0 Å². The molecule has 1 N–H and O–H groups in total. The lowest BCUT2D eigenvalue weighted by atomic mass is 9.83. The summed E-state index contributed by atoms with van der Waals surface area (Å²) in [4.78, 5) is 19.5. The molecule has 7 heteroatoms. The minimum Gasteiger partial charge on any atom is -0.493 e. The Bertz CT molecular complexity index is 1490. The van der Waals surface area contributed by atoms with Gasteiger partial charge in [-0.05, 0) is 47.9 Å². The minimum absolute atomic E-state index is 0.0527. The van der Waals surface area contributed by atoms with Crippen molar-refractivity contribution < 1.29 is 23.7 Å². The lowest BCUT2D eigenvalue weighted by Gasteiger charge is -2.36. The van der Waals surface area contributed by atoms with Crippen LogP contribution in [0.3, 0.4) is 0 Å². The number of para-hydroxylation sites is 1. The summed E-state index contributed by atoms with van der Waals surface area (Å²) in [6.45, 7) is 3.03. The van der Waals surface area contributed by atoms with Crippen molar-refractivity contribution in [2.45, 2.75) is 18.9 Å². The van der Waals surface area contributed by atoms with E-state index in [1.165, 1.54) is 5.56 Å². The highest BCUT2D eigenvalue weighted by Crippen LogP contribution is 2.52. The number of carbonyl (C=O) groups excluding carboxylic acids is 1. The number of benzene rings is 3. The number of aromatic amines is 1. The number of carbonyl (C=O) groups is 1. The third-order valence-corrected chi connectivity index (χ3v) is 7.33. The maximum absolute atomic E-state index is 13.9. The number of H-pyrrole nitrogens is 1. The van der Waals surface area contributed by atoms with E-state index in [4.69, 9.17) is 18.9 Å². The molecule has 0 saturated heterocycles. The SMILES string of the molecule is CCOc1ccc([C@H]2CN3C(=O)c4c(ccc(OC)c4OC)[C@@H]3c3[nH]c4ccccc4c32)cc1OC. The molecule has 7 nitrogen and oxygen atoms in total. The van der Waals surface area contributed by atoms with Crippen molar-refractivity contribution in [1.82, 2.24) is 9.88 Å². The summed E-state index contributed by atoms with van der Waals surface area (Å²) in [6.07, 6.45) is 0. The maximum atomic E-state index is 13.9. The fourth-order valence-electron chi connectivity index (χ4n) is 5.83. The van der Waals surface area contributed by atoms with Crippen LogP contribution in [0.2, 0.25) is 0 Å². The van der Waals surface area contributed by atoms with Gasteiger partial charge in [0.15, 0.2) is 23.0 Å². The molecular weight excluding hydrogens is 456 g/mol. The Balaban J connectivity index is 1.57. The molecule has 1 aromatic heterocycles. The molecular formula is C29H28N2O5. The molecule has 0 spiro atoms. The van der Waals surface area contributed by atoms with Crippen molar-refractivity contribution in [2.24, 2.45) is 0 Å². The quantitative estimate of drug-likeness (QED) is 0.403. The van der Waals surface area contributed by atoms with E-state index in [9.17, 15) is 4.79 Å². The zero-order chi connectivity index (χ0) is 25.0. The molecule has 2 aliphatic heterocycles. The van der Waals surface area contributed by atoms with E-state index in [-0.39, 0.29) is 17.9 Å². The van der Waals surface area contributed by atoms with Gasteiger partial charge in [0.25, 0.3) is 5.91 Å². The van der Waals surface area contributed by atoms with Gasteiger partial charge >= 0.3 is 0 Å². The first-order valence-electron chi connectivity index (χ1n) is 12.1. The fourth-order valence-corrected chi connectivity index (χ4v) is 5.83. The molecule has 36 heavy (non-hydrogen) atoms. The van der Waals surface area contributed by atoms with Crippen LogP contribution in [-0.4, -0.2) is 50.3 Å². The van der Waals surface area contributed by atoms with Crippen LogP contribution < -0.4 is 18.9 Å². The summed E-state index contributed by atoms with van der Waals surface area (Å²) >= 11 is 0. The van der Waals surface area contributed by atoms with Crippen LogP contribution >= 0.6 is 0 Å². The average molecular weight is 485 g/mol. The second-order valence-corrected chi connectivity index (χ2v) is 9.02. The number of aromatic nitrogens is 1. The van der Waals surface area contributed by atoms with Crippen molar-refractivity contribution in [1.29, 1.82) is 0 Å². The van der Waals surface area contributed by atoms with E-state index in [0.717, 1.165) is 27.7 Å². The largest absolute Gasteiger partial charge is 0.493 e. The minimum atomic E-state index is -0.226. The van der Waals surface area contributed by atoms with Gasteiger partial charge in [0.2, 0.25) is 0 Å². The number of nitrogens with zero attached hydrogens (tertiary/aromatic N) is 1. The molecule has 3 aromatic carbocycles. The maximum Gasteiger partial charge on any atom is 0.259 e. The number of amides is 1. The molecule has 0 radical (unpaired) electrons. The smallest absolute Gasteiger partial charge is 0.259 e. The molecule has 0 fully saturated rings. The molecule has 184 valence electrons. The van der Waals surface area contributed by atoms with E-state index in [1.54, 1.807) is 21.3 Å². The van der Waals surface area contributed by atoms with Gasteiger partial charge in [-0.1, -0.05) is 30.3 Å². The number of nitrogens with one attached hydrogen (secondary N) is 1. The Kier molecular flexibility index (Phi) is 5.29. The normalized spacial score (nSPS) is 18.0. The number of fused-ring (bicyclic) bond motifs is 7. The summed E-state index contributed by atoms with van der Waals surface area (Å²) < 4.78 is 22.6. The zero-order valence-electron chi connectivity index (χ0n) is 20.8. The van der Waals surface area contributed by atoms with Crippen molar-refractivity contribution in [3.8, 4) is 23.0 Å². The third-order valence-electron chi connectivity index (χ3n) is 7.33. The highest BCUT2D eigenvalue weighted by Gasteiger charge is 2.47. The molecule has 1 amide bonds. The van der Waals surface area contributed by atoms with Crippen molar-refractivity contribution in [3.05, 3.63) is 82.5 Å². The Morgan fingerprint density at radius 3 is 2.47 bits per heavy atom. The number of hydrogen-bond donors (Lipinski definition) is 1. The Labute approximate surface area is 209 Å². The Hall–Kier alpha value is -4.13. The van der Waals surface area contributed by atoms with Crippen LogP contribution in [0.5, 0.6) is 23.0 Å². The summed E-state index contributed by atoms with van der Waals surface area (Å²) in [6, 6.07) is 18.0. The highest BCUT2D eigenvalue weighted by atomic mass is 16.5. The molecule has 4 aromatic rings. The molecule has 0 aliphatic carbocycles. The highest BCUT2D eigenvalue weighted by molar-refractivity contribution is 6.04. The molecule has 2 atom stereocenters. The number of hydrogen-bond acceptors (Lipinski definition) is 5. The summed E-state index contributed by atoms with van der Waals surface area (Å²) in [5.74, 6) is 2.31. The third kappa shape index (κ3) is 3.08. The van der Waals surface area contributed by atoms with Crippen LogP contribution in [0.4, 0.5) is 0 Å². The van der Waals surface area contributed by atoms with Crippen molar-refractivity contribution in [3.63, 3.8) is 0 Å². The van der Waals surface area contributed by atoms with Crippen LogP contribution in [-0.2, 0) is 0 Å². The van der Waals surface area contributed by atoms with Gasteiger partial charge in [-0.3, -0.25) is 4.79 Å². The predicted molar refractivity (Wildman–Crippen MR) is 137 cm³/mol. The van der Waals surface area contributed by atoms with Gasteiger partial charge in [0.05, 0.1) is 39.5 Å². The summed E-state index contributed by atoms with van der Waals surface area (Å²) in [5.41, 5.74) is 5.83. The van der Waals surface area contributed by atoms with E-state index in [2.05, 4.69) is 29.2 Å². The molecule has 0 saturated carbocycles. The monoisotopic (exact) mass is 484 g/mol. The molecule has 0 bridgehead atoms. The van der Waals surface area contributed by atoms with E-state index in [0.29, 0.717) is 41.7 Å². The lowest BCUT2D eigenvalue weighted by molar-refractivity contribution is 0.0725. The zero-order valence-corrected chi connectivity index (χ0v) is 20.8. The first-order chi connectivity index (χ1) is 17.6. The van der Waals surface area contributed by atoms with Crippen LogP contribution in [0.1, 0.15) is 51.6 Å². The van der Waals surface area contributed by atoms with Crippen LogP contribution in [0.25, 0.3) is 10.9 Å². The Morgan fingerprint density at radius 1 is 0.944 bits per heavy atom. The lowest BCUT2D eigenvalue weighted by Crippen LogP contribution is -2.37. The number of rotatable bonds is 6. The van der Waals surface area contributed by atoms with E-state index in [1.807, 2.05) is 42.2 Å². The second kappa shape index (κ2) is 8.52. The molecule has 6 rings (SSSR count). The first kappa shape index (κ1) is 22.3. The van der Waals surface area contributed by atoms with Crippen molar-refractivity contribution >= 4 is 16.8 Å². The van der Waals surface area contributed by atoms with Crippen LogP contribution in [0, 0.1) is 0 Å². The molecule has 0 unspecified atom stereocenters. The van der Waals surface area contributed by atoms with Gasteiger partial charge in [-0.2, -0.15) is 0 Å². The van der Waals surface area contributed by atoms with E-state index < -0.39 is 0 Å². The topological polar surface area (TPSA) is 73.0 Å². The standard InChI is InChI=1S/C29H28N2O5/c1-5-36-21-12-10-16(14-23(21)34-3)19-15-31-27(26-24(19)17-8-6-7-9-20(17)30-26)18-11-13-22(33-2)28(35-4)25(18)29(31)32/h6-14,19,27,30H,5,15H2,1-4H3/t19-,27-/m1/s1. The summed E-state index contributed by atoms with van der Waals surface area (Å²) in [7, 11) is 4.81. The van der Waals surface area contributed by atoms with Gasteiger partial charge in [0, 0.05) is 29.1 Å². The van der Waals surface area contributed by atoms with E-state index >= 15 is 0 Å². The first-order valence-corrected chi connectivity index (χ1v) is 12.1. The number of ether oxygens (including phenoxy) is 4. The Morgan fingerprint density at radius 2 is 1.72 bits per heavy atom. The van der Waals surface area contributed by atoms with Crippen molar-refractivity contribution in [2.75, 3.05) is 34.5 Å². The van der Waals surface area contributed by atoms with Gasteiger partial charge < -0.3 is 28.8 Å². The van der Waals surface area contributed by atoms with Gasteiger partial charge in [0.1, 0.15) is 0 Å². The molecule has 3 heterocycles. The predicted octanol–water partition coefficient (Wildman–Crippen LogP) is 5.28. The van der Waals surface area contributed by atoms with Crippen LogP contribution in [0.15, 0.2) is 54.6 Å². The fraction of sp³-hybridized carbons (Fsp3) is 0.276. The van der Waals surface area contributed by atoms with Gasteiger partial charge in [-0.25, -0.2) is 0 Å². The summed E-state index contributed by atoms with van der Waals surface area (Å²) in [5, 5.41) is 1.16. The second-order valence-electron chi connectivity index (χ2n) is 9.02. The molecule has 2 aliphatic rings. The average Bonchev–Trinajstić information content (AvgIpc) is 3.43.